The molecule has 0 unspecified atom stereocenters. The summed E-state index contributed by atoms with van der Waals surface area (Å²) in [5.41, 5.74) is 13.5. The van der Waals surface area contributed by atoms with Crippen LogP contribution in [0.4, 0.5) is 11.5 Å². The fraction of sp³-hybridized carbons (Fsp3) is 0.412. The number of nitriles is 1. The van der Waals surface area contributed by atoms with Crippen molar-refractivity contribution in [2.75, 3.05) is 23.7 Å². The number of piperidine rings is 1. The number of anilines is 2. The van der Waals surface area contributed by atoms with Gasteiger partial charge in [-0.05, 0) is 37.6 Å². The molecule has 3 rings (SSSR count). The average Bonchev–Trinajstić information content (AvgIpc) is 2.62. The third-order valence-corrected chi connectivity index (χ3v) is 5.73. The van der Waals surface area contributed by atoms with Gasteiger partial charge < -0.3 is 21.5 Å². The van der Waals surface area contributed by atoms with Crippen LogP contribution in [-0.2, 0) is 6.61 Å². The van der Waals surface area contributed by atoms with E-state index in [0.717, 1.165) is 37.7 Å². The Morgan fingerprint density at radius 2 is 2.11 bits per heavy atom. The first kappa shape index (κ1) is 19.6. The molecule has 0 bridgehead atoms. The average molecular weight is 406 g/mol. The monoisotopic (exact) mass is 405 g/mol. The molecule has 0 saturated carbocycles. The van der Waals surface area contributed by atoms with Crippen molar-refractivity contribution in [1.82, 2.24) is 15.0 Å². The molecule has 1 fully saturated rings. The Bertz CT molecular complexity index is 890. The molecule has 5 N–H and O–H groups in total. The molecule has 3 heterocycles. The SMILES string of the molecule is CC1(N)CCN(c2c(N)nc(Sc3ccnc(Cl)c3C#N)nc2CO)CC1. The molecule has 2 aromatic rings. The highest BCUT2D eigenvalue weighted by molar-refractivity contribution is 7.99. The molecule has 0 spiro atoms. The first-order chi connectivity index (χ1) is 12.8. The van der Waals surface area contributed by atoms with Gasteiger partial charge in [-0.3, -0.25) is 0 Å². The van der Waals surface area contributed by atoms with Crippen LogP contribution >= 0.6 is 23.4 Å². The van der Waals surface area contributed by atoms with E-state index in [1.165, 1.54) is 6.20 Å². The van der Waals surface area contributed by atoms with E-state index in [-0.39, 0.29) is 28.7 Å². The van der Waals surface area contributed by atoms with E-state index >= 15 is 0 Å². The Morgan fingerprint density at radius 1 is 1.41 bits per heavy atom. The van der Waals surface area contributed by atoms with Crippen molar-refractivity contribution in [3.63, 3.8) is 0 Å². The van der Waals surface area contributed by atoms with Crippen LogP contribution in [0.3, 0.4) is 0 Å². The van der Waals surface area contributed by atoms with Gasteiger partial charge in [0.2, 0.25) is 0 Å². The van der Waals surface area contributed by atoms with Crippen LogP contribution in [0, 0.1) is 11.3 Å². The lowest BCUT2D eigenvalue weighted by atomic mass is 9.91. The van der Waals surface area contributed by atoms with Gasteiger partial charge in [0.15, 0.2) is 11.0 Å². The van der Waals surface area contributed by atoms with E-state index in [0.29, 0.717) is 21.4 Å². The minimum atomic E-state index is -0.270. The maximum absolute atomic E-state index is 9.82. The van der Waals surface area contributed by atoms with Crippen LogP contribution < -0.4 is 16.4 Å². The van der Waals surface area contributed by atoms with Crippen molar-refractivity contribution in [1.29, 1.82) is 5.26 Å². The Morgan fingerprint density at radius 3 is 2.74 bits per heavy atom. The molecule has 27 heavy (non-hydrogen) atoms. The van der Waals surface area contributed by atoms with Crippen LogP contribution in [0.15, 0.2) is 22.3 Å². The van der Waals surface area contributed by atoms with Crippen molar-refractivity contribution < 1.29 is 5.11 Å². The lowest BCUT2D eigenvalue weighted by Gasteiger charge is -2.38. The van der Waals surface area contributed by atoms with Crippen LogP contribution in [0.2, 0.25) is 5.15 Å². The Kier molecular flexibility index (Phi) is 5.72. The number of aliphatic hydroxyl groups excluding tert-OH is 1. The molecule has 142 valence electrons. The zero-order chi connectivity index (χ0) is 19.6. The van der Waals surface area contributed by atoms with Crippen molar-refractivity contribution in [2.45, 2.75) is 42.0 Å². The number of rotatable bonds is 4. The Labute approximate surface area is 166 Å². The highest BCUT2D eigenvalue weighted by Gasteiger charge is 2.29. The first-order valence-electron chi connectivity index (χ1n) is 8.38. The number of nitrogen functional groups attached to an aromatic ring is 1. The summed E-state index contributed by atoms with van der Waals surface area (Å²) in [6, 6.07) is 3.69. The van der Waals surface area contributed by atoms with Crippen molar-refractivity contribution >= 4 is 34.9 Å². The van der Waals surface area contributed by atoms with Crippen molar-refractivity contribution in [3.05, 3.63) is 28.7 Å². The molecule has 0 atom stereocenters. The van der Waals surface area contributed by atoms with Gasteiger partial charge in [-0.2, -0.15) is 5.26 Å². The van der Waals surface area contributed by atoms with E-state index < -0.39 is 0 Å². The van der Waals surface area contributed by atoms with Gasteiger partial charge in [-0.15, -0.1) is 0 Å². The standard InChI is InChI=1S/C17H20ClN7OS/c1-17(21)3-6-25(7-4-17)13-11(9-26)23-16(24-15(13)20)27-12-2-5-22-14(18)10(12)8-19/h2,5,26H,3-4,6-7,9,21H2,1H3,(H2,20,23,24). The quantitative estimate of drug-likeness (QED) is 0.514. The van der Waals surface area contributed by atoms with Gasteiger partial charge in [0.25, 0.3) is 0 Å². The minimum absolute atomic E-state index is 0.118. The summed E-state index contributed by atoms with van der Waals surface area (Å²) in [5, 5.41) is 19.6. The maximum Gasteiger partial charge on any atom is 0.194 e. The number of pyridine rings is 1. The van der Waals surface area contributed by atoms with Gasteiger partial charge in [0.1, 0.15) is 22.5 Å². The zero-order valence-electron chi connectivity index (χ0n) is 14.8. The van der Waals surface area contributed by atoms with Crippen LogP contribution in [0.25, 0.3) is 0 Å². The number of hydrogen-bond donors (Lipinski definition) is 3. The predicted octanol–water partition coefficient (Wildman–Crippen LogP) is 1.94. The number of nitrogens with zero attached hydrogens (tertiary/aromatic N) is 5. The zero-order valence-corrected chi connectivity index (χ0v) is 16.4. The molecule has 0 aliphatic carbocycles. The summed E-state index contributed by atoms with van der Waals surface area (Å²) in [5.74, 6) is 0.288. The maximum atomic E-state index is 9.82. The van der Waals surface area contributed by atoms with Crippen LogP contribution in [-0.4, -0.2) is 38.7 Å². The summed E-state index contributed by atoms with van der Waals surface area (Å²) >= 11 is 7.12. The fourth-order valence-corrected chi connectivity index (χ4v) is 4.07. The van der Waals surface area contributed by atoms with Gasteiger partial charge in [0, 0.05) is 29.7 Å². The molecule has 1 saturated heterocycles. The van der Waals surface area contributed by atoms with Crippen molar-refractivity contribution in [3.8, 4) is 6.07 Å². The third kappa shape index (κ3) is 4.25. The third-order valence-electron chi connectivity index (χ3n) is 4.51. The first-order valence-corrected chi connectivity index (χ1v) is 9.57. The van der Waals surface area contributed by atoms with E-state index in [1.807, 2.05) is 13.0 Å². The molecule has 1 aliphatic rings. The molecular formula is C17H20ClN7OS. The second kappa shape index (κ2) is 7.86. The number of halogens is 1. The largest absolute Gasteiger partial charge is 0.390 e. The molecule has 1 aliphatic heterocycles. The van der Waals surface area contributed by atoms with Crippen molar-refractivity contribution in [2.24, 2.45) is 5.73 Å². The second-order valence-corrected chi connectivity index (χ2v) is 8.04. The van der Waals surface area contributed by atoms with E-state index in [9.17, 15) is 10.4 Å². The number of aromatic nitrogens is 3. The normalized spacial score (nSPS) is 16.2. The molecule has 10 heteroatoms. The number of nitrogens with two attached hydrogens (primary N) is 2. The fourth-order valence-electron chi connectivity index (χ4n) is 2.94. The summed E-state index contributed by atoms with van der Waals surface area (Å²) in [4.78, 5) is 15.3. The topological polar surface area (TPSA) is 138 Å². The number of aliphatic hydroxyl groups is 1. The van der Waals surface area contributed by atoms with E-state index in [4.69, 9.17) is 23.1 Å². The summed E-state index contributed by atoms with van der Waals surface area (Å²) < 4.78 is 0. The molecule has 0 radical (unpaired) electrons. The van der Waals surface area contributed by atoms with Gasteiger partial charge >= 0.3 is 0 Å². The lowest BCUT2D eigenvalue weighted by molar-refractivity contribution is 0.275. The smallest absolute Gasteiger partial charge is 0.194 e. The second-order valence-electron chi connectivity index (χ2n) is 6.67. The Balaban J connectivity index is 1.91. The number of hydrogen-bond acceptors (Lipinski definition) is 9. The highest BCUT2D eigenvalue weighted by Crippen LogP contribution is 2.35. The predicted molar refractivity (Wildman–Crippen MR) is 104 cm³/mol. The summed E-state index contributed by atoms with van der Waals surface area (Å²) in [6.07, 6.45) is 3.14. The van der Waals surface area contributed by atoms with Gasteiger partial charge in [-0.1, -0.05) is 11.6 Å². The Hall–Kier alpha value is -2.12. The van der Waals surface area contributed by atoms with Crippen LogP contribution in [0.1, 0.15) is 31.0 Å². The van der Waals surface area contributed by atoms with Gasteiger partial charge in [0.05, 0.1) is 12.3 Å². The molecule has 2 aromatic heterocycles. The molecular weight excluding hydrogens is 386 g/mol. The minimum Gasteiger partial charge on any atom is -0.390 e. The lowest BCUT2D eigenvalue weighted by Crippen LogP contribution is -2.48. The van der Waals surface area contributed by atoms with Gasteiger partial charge in [-0.25, -0.2) is 15.0 Å². The molecule has 0 aromatic carbocycles. The van der Waals surface area contributed by atoms with E-state index in [2.05, 4.69) is 19.9 Å². The molecule has 0 amide bonds. The summed E-state index contributed by atoms with van der Waals surface area (Å²) in [7, 11) is 0. The summed E-state index contributed by atoms with van der Waals surface area (Å²) in [6.45, 7) is 3.20. The van der Waals surface area contributed by atoms with E-state index in [1.54, 1.807) is 6.07 Å². The highest BCUT2D eigenvalue weighted by atomic mass is 35.5. The molecule has 8 nitrogen and oxygen atoms in total. The van der Waals surface area contributed by atoms with Crippen LogP contribution in [0.5, 0.6) is 0 Å².